The molecule has 0 aliphatic heterocycles. The van der Waals surface area contributed by atoms with E-state index in [0.29, 0.717) is 11.4 Å². The van der Waals surface area contributed by atoms with Gasteiger partial charge in [0.05, 0.1) is 12.0 Å². The monoisotopic (exact) mass is 388 g/mol. The fourth-order valence-corrected chi connectivity index (χ4v) is 4.80. The molecule has 1 aliphatic carbocycles. The molecule has 0 heterocycles. The molecule has 0 radical (unpaired) electrons. The zero-order valence-electron chi connectivity index (χ0n) is 15.9. The third-order valence-electron chi connectivity index (χ3n) is 5.13. The number of nitrogens with one attached hydrogen (secondary N) is 2. The van der Waals surface area contributed by atoms with Crippen LogP contribution in [0.15, 0.2) is 53.4 Å². The Bertz CT molecular complexity index is 833. The number of rotatable bonds is 7. The summed E-state index contributed by atoms with van der Waals surface area (Å²) < 4.78 is 33.6. The van der Waals surface area contributed by atoms with E-state index < -0.39 is 10.0 Å². The summed E-state index contributed by atoms with van der Waals surface area (Å²) in [7, 11) is -1.86. The van der Waals surface area contributed by atoms with Crippen LogP contribution in [-0.4, -0.2) is 27.6 Å². The SMILES string of the molecule is COc1ccc(CN[C@@H]2CCCC[C@H]2NS(=O)(=O)c2ccc(C)cc2)cc1. The molecule has 1 aliphatic rings. The first-order chi connectivity index (χ1) is 13.0. The van der Waals surface area contributed by atoms with Crippen molar-refractivity contribution in [3.63, 3.8) is 0 Å². The van der Waals surface area contributed by atoms with E-state index in [1.807, 2.05) is 43.3 Å². The number of sulfonamides is 1. The van der Waals surface area contributed by atoms with Gasteiger partial charge >= 0.3 is 0 Å². The van der Waals surface area contributed by atoms with Gasteiger partial charge < -0.3 is 10.1 Å². The maximum absolute atomic E-state index is 12.7. The number of aryl methyl sites for hydroxylation is 1. The van der Waals surface area contributed by atoms with E-state index in [4.69, 9.17) is 4.74 Å². The molecular formula is C21H28N2O3S. The van der Waals surface area contributed by atoms with Crippen LogP contribution in [0.25, 0.3) is 0 Å². The lowest BCUT2D eigenvalue weighted by atomic mass is 9.91. The van der Waals surface area contributed by atoms with Crippen LogP contribution in [0, 0.1) is 6.92 Å². The minimum Gasteiger partial charge on any atom is -0.497 e. The summed E-state index contributed by atoms with van der Waals surface area (Å²) in [4.78, 5) is 0.326. The Morgan fingerprint density at radius 3 is 2.22 bits per heavy atom. The maximum Gasteiger partial charge on any atom is 0.240 e. The summed E-state index contributed by atoms with van der Waals surface area (Å²) in [6.45, 7) is 2.65. The molecule has 146 valence electrons. The molecule has 0 spiro atoms. The summed E-state index contributed by atoms with van der Waals surface area (Å²) in [6, 6.07) is 15.0. The van der Waals surface area contributed by atoms with Gasteiger partial charge in [-0.1, -0.05) is 42.7 Å². The largest absolute Gasteiger partial charge is 0.497 e. The van der Waals surface area contributed by atoms with Crippen LogP contribution in [0.5, 0.6) is 5.75 Å². The average molecular weight is 389 g/mol. The van der Waals surface area contributed by atoms with E-state index in [9.17, 15) is 8.42 Å². The predicted molar refractivity (Wildman–Crippen MR) is 107 cm³/mol. The highest BCUT2D eigenvalue weighted by atomic mass is 32.2. The topological polar surface area (TPSA) is 67.4 Å². The minimum atomic E-state index is -3.51. The van der Waals surface area contributed by atoms with Crippen molar-refractivity contribution in [2.75, 3.05) is 7.11 Å². The van der Waals surface area contributed by atoms with Crippen molar-refractivity contribution >= 4 is 10.0 Å². The highest BCUT2D eigenvalue weighted by Crippen LogP contribution is 2.22. The van der Waals surface area contributed by atoms with Gasteiger partial charge in [-0.2, -0.15) is 0 Å². The van der Waals surface area contributed by atoms with Crippen LogP contribution in [0.4, 0.5) is 0 Å². The van der Waals surface area contributed by atoms with Crippen molar-refractivity contribution in [1.29, 1.82) is 0 Å². The van der Waals surface area contributed by atoms with E-state index in [2.05, 4.69) is 10.0 Å². The Balaban J connectivity index is 1.64. The molecule has 2 N–H and O–H groups in total. The Kier molecular flexibility index (Phi) is 6.52. The first kappa shape index (κ1) is 19.9. The van der Waals surface area contributed by atoms with Crippen molar-refractivity contribution in [1.82, 2.24) is 10.0 Å². The van der Waals surface area contributed by atoms with Crippen LogP contribution in [0.3, 0.4) is 0 Å². The maximum atomic E-state index is 12.7. The number of ether oxygens (including phenoxy) is 1. The van der Waals surface area contributed by atoms with Crippen LogP contribution < -0.4 is 14.8 Å². The highest BCUT2D eigenvalue weighted by Gasteiger charge is 2.29. The smallest absolute Gasteiger partial charge is 0.240 e. The molecule has 5 nitrogen and oxygen atoms in total. The Morgan fingerprint density at radius 1 is 0.963 bits per heavy atom. The van der Waals surface area contributed by atoms with E-state index >= 15 is 0 Å². The molecule has 3 rings (SSSR count). The first-order valence-electron chi connectivity index (χ1n) is 9.43. The lowest BCUT2D eigenvalue weighted by molar-refractivity contribution is 0.308. The molecular weight excluding hydrogens is 360 g/mol. The third-order valence-corrected chi connectivity index (χ3v) is 6.64. The van der Waals surface area contributed by atoms with Gasteiger partial charge in [-0.05, 0) is 49.6 Å². The lowest BCUT2D eigenvalue weighted by Gasteiger charge is -2.33. The first-order valence-corrected chi connectivity index (χ1v) is 10.9. The molecule has 0 aromatic heterocycles. The van der Waals surface area contributed by atoms with Gasteiger partial charge in [-0.25, -0.2) is 13.1 Å². The standard InChI is InChI=1S/C21H28N2O3S/c1-16-7-13-19(14-8-16)27(24,25)23-21-6-4-3-5-20(21)22-15-17-9-11-18(26-2)12-10-17/h7-14,20-23H,3-6,15H2,1-2H3/t20-,21-/m1/s1. The fraction of sp³-hybridized carbons (Fsp3) is 0.429. The van der Waals surface area contributed by atoms with Crippen molar-refractivity contribution in [3.05, 3.63) is 59.7 Å². The number of hydrogen-bond acceptors (Lipinski definition) is 4. The van der Waals surface area contributed by atoms with Crippen molar-refractivity contribution in [2.45, 2.75) is 56.1 Å². The lowest BCUT2D eigenvalue weighted by Crippen LogP contribution is -2.51. The van der Waals surface area contributed by atoms with Gasteiger partial charge in [0.2, 0.25) is 10.0 Å². The molecule has 0 saturated heterocycles. The van der Waals surface area contributed by atoms with Crippen molar-refractivity contribution in [2.24, 2.45) is 0 Å². The van der Waals surface area contributed by atoms with Crippen LogP contribution in [0.2, 0.25) is 0 Å². The molecule has 0 amide bonds. The molecule has 27 heavy (non-hydrogen) atoms. The predicted octanol–water partition coefficient (Wildman–Crippen LogP) is 3.38. The van der Waals surface area contributed by atoms with Gasteiger partial charge in [-0.3, -0.25) is 0 Å². The minimum absolute atomic E-state index is 0.0942. The second-order valence-electron chi connectivity index (χ2n) is 7.16. The van der Waals surface area contributed by atoms with Gasteiger partial charge in [-0.15, -0.1) is 0 Å². The number of hydrogen-bond donors (Lipinski definition) is 2. The van der Waals surface area contributed by atoms with Gasteiger partial charge in [0.25, 0.3) is 0 Å². The molecule has 2 aromatic rings. The summed E-state index contributed by atoms with van der Waals surface area (Å²) in [6.07, 6.45) is 3.98. The number of benzene rings is 2. The van der Waals surface area contributed by atoms with Gasteiger partial charge in [0, 0.05) is 18.6 Å². The zero-order valence-corrected chi connectivity index (χ0v) is 16.8. The molecule has 6 heteroatoms. The zero-order chi connectivity index (χ0) is 19.3. The molecule has 2 aromatic carbocycles. The second kappa shape index (κ2) is 8.87. The van der Waals surface area contributed by atoms with Crippen molar-refractivity contribution < 1.29 is 13.2 Å². The second-order valence-corrected chi connectivity index (χ2v) is 8.87. The van der Waals surface area contributed by atoms with E-state index in [1.54, 1.807) is 19.2 Å². The molecule has 1 saturated carbocycles. The Hall–Kier alpha value is -1.89. The average Bonchev–Trinajstić information content (AvgIpc) is 2.68. The van der Waals surface area contributed by atoms with Crippen LogP contribution >= 0.6 is 0 Å². The van der Waals surface area contributed by atoms with Gasteiger partial charge in [0.1, 0.15) is 5.75 Å². The fourth-order valence-electron chi connectivity index (χ4n) is 3.49. The summed E-state index contributed by atoms with van der Waals surface area (Å²) in [5.74, 6) is 0.833. The third kappa shape index (κ3) is 5.31. The Labute approximate surface area is 162 Å². The molecule has 0 bridgehead atoms. The Morgan fingerprint density at radius 2 is 1.59 bits per heavy atom. The van der Waals surface area contributed by atoms with E-state index in [1.165, 1.54) is 0 Å². The quantitative estimate of drug-likeness (QED) is 0.763. The summed E-state index contributed by atoms with van der Waals surface area (Å²) >= 11 is 0. The van der Waals surface area contributed by atoms with Crippen LogP contribution in [0.1, 0.15) is 36.8 Å². The van der Waals surface area contributed by atoms with E-state index in [-0.39, 0.29) is 12.1 Å². The highest BCUT2D eigenvalue weighted by molar-refractivity contribution is 7.89. The summed E-state index contributed by atoms with van der Waals surface area (Å²) in [5, 5.41) is 3.54. The molecule has 2 atom stereocenters. The number of methoxy groups -OCH3 is 1. The normalized spacial score (nSPS) is 20.4. The van der Waals surface area contributed by atoms with Gasteiger partial charge in [0.15, 0.2) is 0 Å². The molecule has 1 fully saturated rings. The summed E-state index contributed by atoms with van der Waals surface area (Å²) in [5.41, 5.74) is 2.20. The van der Waals surface area contributed by atoms with Crippen molar-refractivity contribution in [3.8, 4) is 5.75 Å². The van der Waals surface area contributed by atoms with E-state index in [0.717, 1.165) is 42.6 Å². The molecule has 0 unspecified atom stereocenters. The van der Waals surface area contributed by atoms with Crippen LogP contribution in [-0.2, 0) is 16.6 Å².